The molecule has 106 valence electrons. The maximum absolute atomic E-state index is 13.8. The quantitative estimate of drug-likeness (QED) is 0.475. The van der Waals surface area contributed by atoms with E-state index in [0.717, 1.165) is 9.64 Å². The van der Waals surface area contributed by atoms with Gasteiger partial charge < -0.3 is 9.88 Å². The summed E-state index contributed by atoms with van der Waals surface area (Å²) in [6.07, 6.45) is 1.22. The van der Waals surface area contributed by atoms with Crippen molar-refractivity contribution in [1.29, 1.82) is 0 Å². The number of nitrogens with zero attached hydrogens (tertiary/aromatic N) is 1. The molecule has 2 aromatic rings. The molecular formula is C13H12F2IN2OP. The molecule has 2 rings (SSSR count). The van der Waals surface area contributed by atoms with Crippen LogP contribution < -0.4 is 10.6 Å². The number of benzene rings is 1. The summed E-state index contributed by atoms with van der Waals surface area (Å²) in [6, 6.07) is 5.80. The van der Waals surface area contributed by atoms with Gasteiger partial charge in [0, 0.05) is 14.9 Å². The molecule has 1 heterocycles. The number of hydrogen-bond acceptors (Lipinski definition) is 3. The Morgan fingerprint density at radius 1 is 1.20 bits per heavy atom. The molecule has 0 saturated heterocycles. The van der Waals surface area contributed by atoms with Crippen molar-refractivity contribution in [1.82, 2.24) is 4.98 Å². The number of rotatable bonds is 3. The first-order chi connectivity index (χ1) is 9.27. The minimum Gasteiger partial charge on any atom is -0.351 e. The number of anilines is 2. The number of pyridine rings is 1. The second-order valence-electron chi connectivity index (χ2n) is 4.62. The molecule has 0 saturated carbocycles. The van der Waals surface area contributed by atoms with Crippen molar-refractivity contribution < 1.29 is 13.3 Å². The molecular weight excluding hydrogens is 396 g/mol. The Bertz CT molecular complexity index is 703. The molecule has 0 unspecified atom stereocenters. The zero-order valence-corrected chi connectivity index (χ0v) is 13.9. The van der Waals surface area contributed by atoms with Crippen molar-refractivity contribution in [3.8, 4) is 0 Å². The zero-order valence-electron chi connectivity index (χ0n) is 10.8. The summed E-state index contributed by atoms with van der Waals surface area (Å²) in [5, 5.41) is 3.13. The molecule has 1 aromatic heterocycles. The first-order valence-electron chi connectivity index (χ1n) is 5.70. The first kappa shape index (κ1) is 15.4. The summed E-state index contributed by atoms with van der Waals surface area (Å²) in [5.41, 5.74) is 0.577. The molecule has 20 heavy (non-hydrogen) atoms. The van der Waals surface area contributed by atoms with Gasteiger partial charge in [-0.05, 0) is 54.1 Å². The van der Waals surface area contributed by atoms with Gasteiger partial charge in [0.1, 0.15) is 13.0 Å². The van der Waals surface area contributed by atoms with E-state index in [2.05, 4.69) is 10.3 Å². The van der Waals surface area contributed by atoms with Gasteiger partial charge in [-0.2, -0.15) is 4.39 Å². The minimum atomic E-state index is -2.71. The molecule has 0 radical (unpaired) electrons. The fraction of sp³-hybridized carbons (Fsp3) is 0.154. The Hall–Kier alpha value is -1.01. The second-order valence-corrected chi connectivity index (χ2v) is 9.05. The van der Waals surface area contributed by atoms with Crippen molar-refractivity contribution in [3.63, 3.8) is 0 Å². The van der Waals surface area contributed by atoms with Crippen LogP contribution in [0, 0.1) is 15.3 Å². The van der Waals surface area contributed by atoms with E-state index in [-0.39, 0.29) is 5.69 Å². The van der Waals surface area contributed by atoms with Crippen LogP contribution >= 0.6 is 29.7 Å². The Morgan fingerprint density at radius 3 is 2.50 bits per heavy atom. The molecule has 7 heteroatoms. The van der Waals surface area contributed by atoms with Crippen LogP contribution in [0.25, 0.3) is 0 Å². The molecule has 3 nitrogen and oxygen atoms in total. The minimum absolute atomic E-state index is 0.230. The molecule has 0 amide bonds. The molecule has 1 N–H and O–H groups in total. The van der Waals surface area contributed by atoms with Crippen LogP contribution in [-0.4, -0.2) is 18.3 Å². The van der Waals surface area contributed by atoms with Gasteiger partial charge >= 0.3 is 0 Å². The lowest BCUT2D eigenvalue weighted by atomic mass is 10.3. The van der Waals surface area contributed by atoms with E-state index in [4.69, 9.17) is 0 Å². The summed E-state index contributed by atoms with van der Waals surface area (Å²) < 4.78 is 40.0. The van der Waals surface area contributed by atoms with Crippen molar-refractivity contribution in [2.75, 3.05) is 18.6 Å². The Kier molecular flexibility index (Phi) is 4.44. The van der Waals surface area contributed by atoms with Crippen LogP contribution in [0.4, 0.5) is 20.2 Å². The SMILES string of the molecule is CP(C)(=O)c1cc(F)ncc1Nc1ccc(I)cc1F. The van der Waals surface area contributed by atoms with Gasteiger partial charge in [0.15, 0.2) is 0 Å². The van der Waals surface area contributed by atoms with Gasteiger partial charge in [-0.1, -0.05) is 0 Å². The van der Waals surface area contributed by atoms with E-state index >= 15 is 0 Å². The highest BCUT2D eigenvalue weighted by Crippen LogP contribution is 2.38. The van der Waals surface area contributed by atoms with Crippen molar-refractivity contribution >= 4 is 46.4 Å². The molecule has 0 fully saturated rings. The number of nitrogens with one attached hydrogen (secondary N) is 1. The molecule has 0 atom stereocenters. The van der Waals surface area contributed by atoms with Crippen molar-refractivity contribution in [2.24, 2.45) is 0 Å². The molecule has 0 aliphatic carbocycles. The average Bonchev–Trinajstić information content (AvgIpc) is 2.33. The van der Waals surface area contributed by atoms with Gasteiger partial charge in [0.05, 0.1) is 17.6 Å². The summed E-state index contributed by atoms with van der Waals surface area (Å²) in [4.78, 5) is 3.52. The summed E-state index contributed by atoms with van der Waals surface area (Å²) in [7, 11) is -2.71. The van der Waals surface area contributed by atoms with Crippen molar-refractivity contribution in [3.05, 3.63) is 45.8 Å². The standard InChI is InChI=1S/C13H12F2IN2OP/c1-20(2,19)12-6-13(15)17-7-11(12)18-10-4-3-8(16)5-9(10)14/h3-7,18H,1-2H3. The normalized spacial score (nSPS) is 11.4. The predicted molar refractivity (Wildman–Crippen MR) is 85.7 cm³/mol. The Balaban J connectivity index is 2.46. The number of halogens is 3. The lowest BCUT2D eigenvalue weighted by Crippen LogP contribution is -2.12. The van der Waals surface area contributed by atoms with Crippen LogP contribution in [-0.2, 0) is 4.57 Å². The highest BCUT2D eigenvalue weighted by molar-refractivity contribution is 14.1. The van der Waals surface area contributed by atoms with E-state index in [9.17, 15) is 13.3 Å². The average molecular weight is 408 g/mol. The number of aromatic nitrogens is 1. The largest absolute Gasteiger partial charge is 0.351 e. The lowest BCUT2D eigenvalue weighted by Gasteiger charge is -2.15. The fourth-order valence-electron chi connectivity index (χ4n) is 1.70. The van der Waals surface area contributed by atoms with E-state index in [1.54, 1.807) is 12.1 Å². The third-order valence-electron chi connectivity index (χ3n) is 2.63. The van der Waals surface area contributed by atoms with E-state index < -0.39 is 18.9 Å². The molecule has 0 spiro atoms. The third kappa shape index (κ3) is 3.55. The van der Waals surface area contributed by atoms with Crippen LogP contribution in [0.1, 0.15) is 0 Å². The van der Waals surface area contributed by atoms with Crippen LogP contribution in [0.3, 0.4) is 0 Å². The van der Waals surface area contributed by atoms with Gasteiger partial charge in [0.2, 0.25) is 5.95 Å². The molecule has 0 aliphatic heterocycles. The zero-order chi connectivity index (χ0) is 14.9. The molecule has 0 aliphatic rings. The second kappa shape index (κ2) is 5.77. The topological polar surface area (TPSA) is 42.0 Å². The highest BCUT2D eigenvalue weighted by atomic mass is 127. The Morgan fingerprint density at radius 2 is 1.90 bits per heavy atom. The van der Waals surface area contributed by atoms with E-state index in [1.807, 2.05) is 22.6 Å². The lowest BCUT2D eigenvalue weighted by molar-refractivity contribution is 0.580. The maximum atomic E-state index is 13.8. The van der Waals surface area contributed by atoms with Gasteiger partial charge in [-0.25, -0.2) is 9.37 Å². The smallest absolute Gasteiger partial charge is 0.213 e. The van der Waals surface area contributed by atoms with E-state index in [0.29, 0.717) is 11.0 Å². The van der Waals surface area contributed by atoms with Gasteiger partial charge in [0.25, 0.3) is 0 Å². The molecule has 0 bridgehead atoms. The van der Waals surface area contributed by atoms with Crippen LogP contribution in [0.15, 0.2) is 30.5 Å². The van der Waals surface area contributed by atoms with Crippen molar-refractivity contribution in [2.45, 2.75) is 0 Å². The first-order valence-corrected chi connectivity index (χ1v) is 9.38. The number of hydrogen-bond donors (Lipinski definition) is 1. The third-order valence-corrected chi connectivity index (χ3v) is 4.83. The highest BCUT2D eigenvalue weighted by Gasteiger charge is 2.18. The van der Waals surface area contributed by atoms with Gasteiger partial charge in [-0.15, -0.1) is 0 Å². The van der Waals surface area contributed by atoms with Gasteiger partial charge in [-0.3, -0.25) is 0 Å². The summed E-state index contributed by atoms with van der Waals surface area (Å²) in [5.74, 6) is -1.15. The predicted octanol–water partition coefficient (Wildman–Crippen LogP) is 3.96. The molecule has 1 aromatic carbocycles. The van der Waals surface area contributed by atoms with Crippen LogP contribution in [0.5, 0.6) is 0 Å². The fourth-order valence-corrected chi connectivity index (χ4v) is 3.26. The van der Waals surface area contributed by atoms with E-state index in [1.165, 1.54) is 25.6 Å². The summed E-state index contributed by atoms with van der Waals surface area (Å²) in [6.45, 7) is 3.05. The Labute approximate surface area is 129 Å². The monoisotopic (exact) mass is 408 g/mol. The summed E-state index contributed by atoms with van der Waals surface area (Å²) >= 11 is 2.00. The maximum Gasteiger partial charge on any atom is 0.213 e. The van der Waals surface area contributed by atoms with Crippen LogP contribution in [0.2, 0.25) is 0 Å².